The van der Waals surface area contributed by atoms with Crippen molar-refractivity contribution in [2.75, 3.05) is 26.0 Å². The number of amides is 1. The van der Waals surface area contributed by atoms with Crippen molar-refractivity contribution in [1.82, 2.24) is 5.32 Å². The SMILES string of the molecule is COc1cc(N)c(Cl)cc1C(=O)NCC1(CCO)CCCC1.Cl. The van der Waals surface area contributed by atoms with Gasteiger partial charge in [0.15, 0.2) is 0 Å². The van der Waals surface area contributed by atoms with Gasteiger partial charge >= 0.3 is 0 Å². The number of nitrogens with one attached hydrogen (secondary N) is 1. The maximum Gasteiger partial charge on any atom is 0.255 e. The summed E-state index contributed by atoms with van der Waals surface area (Å²) in [4.78, 5) is 12.4. The van der Waals surface area contributed by atoms with Crippen molar-refractivity contribution in [2.45, 2.75) is 32.1 Å². The molecule has 0 heterocycles. The molecule has 130 valence electrons. The number of benzene rings is 1. The van der Waals surface area contributed by atoms with Crippen molar-refractivity contribution >= 4 is 35.6 Å². The zero-order chi connectivity index (χ0) is 16.2. The molecule has 1 aliphatic rings. The first-order valence-corrected chi connectivity index (χ1v) is 7.91. The lowest BCUT2D eigenvalue weighted by molar-refractivity contribution is 0.0913. The highest BCUT2D eigenvalue weighted by molar-refractivity contribution is 6.33. The molecule has 0 radical (unpaired) electrons. The molecular formula is C16H24Cl2N2O3. The van der Waals surface area contributed by atoms with Gasteiger partial charge in [-0.1, -0.05) is 24.4 Å². The molecule has 1 aromatic rings. The number of hydrogen-bond donors (Lipinski definition) is 3. The van der Waals surface area contributed by atoms with Crippen LogP contribution < -0.4 is 15.8 Å². The van der Waals surface area contributed by atoms with Crippen LogP contribution in [-0.2, 0) is 0 Å². The highest BCUT2D eigenvalue weighted by Gasteiger charge is 2.33. The Hall–Kier alpha value is -1.17. The van der Waals surface area contributed by atoms with E-state index in [1.54, 1.807) is 6.07 Å². The molecule has 1 saturated carbocycles. The molecule has 7 heteroatoms. The van der Waals surface area contributed by atoms with Crippen LogP contribution in [0.4, 0.5) is 5.69 Å². The Bertz CT molecular complexity index is 546. The summed E-state index contributed by atoms with van der Waals surface area (Å²) in [6.45, 7) is 0.699. The van der Waals surface area contributed by atoms with Gasteiger partial charge in [-0.25, -0.2) is 0 Å². The summed E-state index contributed by atoms with van der Waals surface area (Å²) in [5.41, 5.74) is 6.49. The maximum atomic E-state index is 12.4. The van der Waals surface area contributed by atoms with Gasteiger partial charge in [-0.05, 0) is 30.7 Å². The Morgan fingerprint density at radius 3 is 2.65 bits per heavy atom. The third kappa shape index (κ3) is 4.66. The third-order valence-electron chi connectivity index (χ3n) is 4.49. The first-order valence-electron chi connectivity index (χ1n) is 7.53. The van der Waals surface area contributed by atoms with Gasteiger partial charge in [0, 0.05) is 19.2 Å². The van der Waals surface area contributed by atoms with E-state index in [9.17, 15) is 9.90 Å². The summed E-state index contributed by atoms with van der Waals surface area (Å²) in [6.07, 6.45) is 5.08. The molecular weight excluding hydrogens is 339 g/mol. The lowest BCUT2D eigenvalue weighted by atomic mass is 9.83. The van der Waals surface area contributed by atoms with Crippen molar-refractivity contribution in [2.24, 2.45) is 5.41 Å². The fourth-order valence-electron chi connectivity index (χ4n) is 3.16. The molecule has 0 saturated heterocycles. The van der Waals surface area contributed by atoms with E-state index in [0.717, 1.165) is 25.7 Å². The second kappa shape index (κ2) is 8.62. The van der Waals surface area contributed by atoms with Crippen molar-refractivity contribution < 1.29 is 14.6 Å². The van der Waals surface area contributed by atoms with Crippen LogP contribution in [0.3, 0.4) is 0 Å². The van der Waals surface area contributed by atoms with Crippen LogP contribution in [0.25, 0.3) is 0 Å². The lowest BCUT2D eigenvalue weighted by Crippen LogP contribution is -2.36. The number of hydrogen-bond acceptors (Lipinski definition) is 4. The summed E-state index contributed by atoms with van der Waals surface area (Å²) in [5, 5.41) is 12.5. The van der Waals surface area contributed by atoms with E-state index in [1.807, 2.05) is 0 Å². The van der Waals surface area contributed by atoms with Crippen molar-refractivity contribution in [3.05, 3.63) is 22.7 Å². The van der Waals surface area contributed by atoms with Crippen LogP contribution in [0.5, 0.6) is 5.75 Å². The number of aliphatic hydroxyl groups excluding tert-OH is 1. The summed E-state index contributed by atoms with van der Waals surface area (Å²) in [5.74, 6) is 0.171. The first-order chi connectivity index (χ1) is 10.5. The van der Waals surface area contributed by atoms with E-state index in [2.05, 4.69) is 5.32 Å². The second-order valence-electron chi connectivity index (χ2n) is 5.94. The Morgan fingerprint density at radius 2 is 2.09 bits per heavy atom. The maximum absolute atomic E-state index is 12.4. The van der Waals surface area contributed by atoms with Gasteiger partial charge in [0.05, 0.1) is 23.4 Å². The predicted molar refractivity (Wildman–Crippen MR) is 94.6 cm³/mol. The van der Waals surface area contributed by atoms with Gasteiger partial charge in [0.2, 0.25) is 0 Å². The van der Waals surface area contributed by atoms with Crippen LogP contribution in [0.15, 0.2) is 12.1 Å². The number of aliphatic hydroxyl groups is 1. The van der Waals surface area contributed by atoms with Crippen molar-refractivity contribution in [1.29, 1.82) is 0 Å². The van der Waals surface area contributed by atoms with Gasteiger partial charge in [0.1, 0.15) is 5.75 Å². The Kier molecular flexibility index (Phi) is 7.45. The zero-order valence-electron chi connectivity index (χ0n) is 13.2. The van der Waals surface area contributed by atoms with Gasteiger partial charge < -0.3 is 20.9 Å². The number of carbonyl (C=O) groups is 1. The number of ether oxygens (including phenoxy) is 1. The molecule has 1 fully saturated rings. The third-order valence-corrected chi connectivity index (χ3v) is 4.82. The molecule has 4 N–H and O–H groups in total. The molecule has 0 aliphatic heterocycles. The Labute approximate surface area is 147 Å². The quantitative estimate of drug-likeness (QED) is 0.679. The number of rotatable bonds is 6. The summed E-state index contributed by atoms with van der Waals surface area (Å²) >= 11 is 6.00. The van der Waals surface area contributed by atoms with Crippen LogP contribution in [0.1, 0.15) is 42.5 Å². The Morgan fingerprint density at radius 1 is 1.43 bits per heavy atom. The topological polar surface area (TPSA) is 84.6 Å². The minimum atomic E-state index is -0.233. The number of anilines is 1. The van der Waals surface area contributed by atoms with Crippen molar-refractivity contribution in [3.8, 4) is 5.75 Å². The minimum Gasteiger partial charge on any atom is -0.496 e. The lowest BCUT2D eigenvalue weighted by Gasteiger charge is -2.28. The highest BCUT2D eigenvalue weighted by atomic mass is 35.5. The predicted octanol–water partition coefficient (Wildman–Crippen LogP) is 3.03. The molecule has 0 atom stereocenters. The average Bonchev–Trinajstić information content (AvgIpc) is 2.96. The van der Waals surface area contributed by atoms with E-state index in [0.29, 0.717) is 35.0 Å². The van der Waals surface area contributed by atoms with E-state index in [4.69, 9.17) is 22.1 Å². The monoisotopic (exact) mass is 362 g/mol. The standard InChI is InChI=1S/C16H23ClN2O3.ClH/c1-22-14-9-13(18)12(17)8-11(14)15(21)19-10-16(6-7-20)4-2-3-5-16;/h8-9,20H,2-7,10,18H2,1H3,(H,19,21);1H. The average molecular weight is 363 g/mol. The fraction of sp³-hybridized carbons (Fsp3) is 0.562. The van der Waals surface area contributed by atoms with E-state index < -0.39 is 0 Å². The van der Waals surface area contributed by atoms with Gasteiger partial charge in [-0.15, -0.1) is 12.4 Å². The van der Waals surface area contributed by atoms with E-state index in [1.165, 1.54) is 13.2 Å². The molecule has 1 aliphatic carbocycles. The summed E-state index contributed by atoms with van der Waals surface area (Å²) in [7, 11) is 1.49. The minimum absolute atomic E-state index is 0. The Balaban J connectivity index is 0.00000264. The second-order valence-corrected chi connectivity index (χ2v) is 6.34. The zero-order valence-corrected chi connectivity index (χ0v) is 14.8. The fourth-order valence-corrected chi connectivity index (χ4v) is 3.32. The number of methoxy groups -OCH3 is 1. The summed E-state index contributed by atoms with van der Waals surface area (Å²) < 4.78 is 5.21. The molecule has 0 unspecified atom stereocenters. The summed E-state index contributed by atoms with van der Waals surface area (Å²) in [6, 6.07) is 3.08. The van der Waals surface area contributed by atoms with Crippen LogP contribution >= 0.6 is 24.0 Å². The molecule has 5 nitrogen and oxygen atoms in total. The van der Waals surface area contributed by atoms with E-state index >= 15 is 0 Å². The number of halogens is 2. The van der Waals surface area contributed by atoms with Crippen LogP contribution in [0, 0.1) is 5.41 Å². The highest BCUT2D eigenvalue weighted by Crippen LogP contribution is 2.40. The molecule has 23 heavy (non-hydrogen) atoms. The van der Waals surface area contributed by atoms with Gasteiger partial charge in [0.25, 0.3) is 5.91 Å². The number of nitrogens with two attached hydrogens (primary N) is 1. The molecule has 1 amide bonds. The molecule has 2 rings (SSSR count). The van der Waals surface area contributed by atoms with Gasteiger partial charge in [-0.3, -0.25) is 4.79 Å². The van der Waals surface area contributed by atoms with Crippen LogP contribution in [0.2, 0.25) is 5.02 Å². The molecule has 0 spiro atoms. The van der Waals surface area contributed by atoms with Crippen molar-refractivity contribution in [3.63, 3.8) is 0 Å². The van der Waals surface area contributed by atoms with E-state index in [-0.39, 0.29) is 30.3 Å². The molecule has 0 bridgehead atoms. The largest absolute Gasteiger partial charge is 0.496 e. The van der Waals surface area contributed by atoms with Crippen LogP contribution in [-0.4, -0.2) is 31.3 Å². The van der Waals surface area contributed by atoms with Gasteiger partial charge in [-0.2, -0.15) is 0 Å². The normalized spacial score (nSPS) is 15.8. The first kappa shape index (κ1) is 19.9. The molecule has 1 aromatic carbocycles. The smallest absolute Gasteiger partial charge is 0.255 e. The molecule has 0 aromatic heterocycles. The number of carbonyl (C=O) groups excluding carboxylic acids is 1. The number of nitrogen functional groups attached to an aromatic ring is 1.